The molecule has 0 aliphatic carbocycles. The number of carbonyl (C=O) groups excluding carboxylic acids is 2. The van der Waals surface area contributed by atoms with E-state index in [2.05, 4.69) is 15.5 Å². The molecular formula is C12H12N4O5S2. The summed E-state index contributed by atoms with van der Waals surface area (Å²) in [7, 11) is -3.82. The number of aromatic nitrogens is 2. The highest BCUT2D eigenvalue weighted by Crippen LogP contribution is 2.17. The number of rotatable bonds is 5. The summed E-state index contributed by atoms with van der Waals surface area (Å²) in [4.78, 5) is 23.4. The van der Waals surface area contributed by atoms with Crippen LogP contribution in [0.3, 0.4) is 0 Å². The molecule has 0 radical (unpaired) electrons. The second-order valence-corrected chi connectivity index (χ2v) is 6.70. The average molecular weight is 356 g/mol. The van der Waals surface area contributed by atoms with Gasteiger partial charge in [0, 0.05) is 5.56 Å². The number of nitrogens with zero attached hydrogens (tertiary/aromatic N) is 2. The third-order valence-corrected chi connectivity index (χ3v) is 4.29. The molecule has 122 valence electrons. The molecule has 11 heteroatoms. The van der Waals surface area contributed by atoms with Crippen molar-refractivity contribution in [1.29, 1.82) is 0 Å². The predicted molar refractivity (Wildman–Crippen MR) is 81.6 cm³/mol. The van der Waals surface area contributed by atoms with Crippen LogP contribution in [-0.2, 0) is 14.8 Å². The van der Waals surface area contributed by atoms with Crippen molar-refractivity contribution in [2.45, 2.75) is 11.8 Å². The predicted octanol–water partition coefficient (Wildman–Crippen LogP) is 0.615. The topological polar surface area (TPSA) is 141 Å². The van der Waals surface area contributed by atoms with Crippen molar-refractivity contribution in [3.63, 3.8) is 0 Å². The van der Waals surface area contributed by atoms with E-state index in [9.17, 15) is 18.0 Å². The van der Waals surface area contributed by atoms with Gasteiger partial charge in [0.15, 0.2) is 0 Å². The molecule has 0 fully saturated rings. The maximum atomic E-state index is 12.0. The number of hydrogen-bond donors (Lipinski definition) is 2. The van der Waals surface area contributed by atoms with Crippen molar-refractivity contribution in [1.82, 2.24) is 10.2 Å². The van der Waals surface area contributed by atoms with Crippen LogP contribution in [0.15, 0.2) is 29.2 Å². The number of hydrogen-bond acceptors (Lipinski definition) is 8. The fraction of sp³-hybridized carbons (Fsp3) is 0.167. The zero-order valence-corrected chi connectivity index (χ0v) is 13.5. The van der Waals surface area contributed by atoms with Gasteiger partial charge in [0.25, 0.3) is 5.91 Å². The summed E-state index contributed by atoms with van der Waals surface area (Å²) in [5.41, 5.74) is 0.199. The minimum atomic E-state index is -3.82. The van der Waals surface area contributed by atoms with Gasteiger partial charge in [0.2, 0.25) is 20.2 Å². The molecule has 23 heavy (non-hydrogen) atoms. The van der Waals surface area contributed by atoms with Crippen molar-refractivity contribution in [3.05, 3.63) is 34.8 Å². The maximum Gasteiger partial charge on any atom is 0.369 e. The second-order valence-electron chi connectivity index (χ2n) is 4.16. The van der Waals surface area contributed by atoms with Gasteiger partial charge in [-0.3, -0.25) is 10.1 Å². The lowest BCUT2D eigenvalue weighted by Crippen LogP contribution is -2.14. The Morgan fingerprint density at radius 1 is 1.26 bits per heavy atom. The molecule has 0 bridgehead atoms. The van der Waals surface area contributed by atoms with Crippen LogP contribution in [0.1, 0.15) is 27.1 Å². The van der Waals surface area contributed by atoms with Gasteiger partial charge in [-0.2, -0.15) is 0 Å². The van der Waals surface area contributed by atoms with E-state index in [1.165, 1.54) is 24.3 Å². The molecule has 1 amide bonds. The molecule has 3 N–H and O–H groups in total. The maximum absolute atomic E-state index is 12.0. The van der Waals surface area contributed by atoms with Crippen LogP contribution in [0.4, 0.5) is 5.13 Å². The summed E-state index contributed by atoms with van der Waals surface area (Å²) in [6.07, 6.45) is 0. The number of esters is 1. The number of nitrogens with two attached hydrogens (primary N) is 1. The Morgan fingerprint density at radius 2 is 1.91 bits per heavy atom. The molecular weight excluding hydrogens is 344 g/mol. The first-order valence-corrected chi connectivity index (χ1v) is 8.62. The van der Waals surface area contributed by atoms with Crippen LogP contribution in [0.5, 0.6) is 0 Å². The fourth-order valence-corrected chi connectivity index (χ4v) is 2.66. The number of ether oxygens (including phenoxy) is 1. The van der Waals surface area contributed by atoms with Crippen molar-refractivity contribution in [3.8, 4) is 0 Å². The number of carbonyl (C=O) groups is 2. The first-order chi connectivity index (χ1) is 10.8. The summed E-state index contributed by atoms with van der Waals surface area (Å²) in [6, 6.07) is 5.05. The van der Waals surface area contributed by atoms with Crippen LogP contribution in [0.25, 0.3) is 0 Å². The lowest BCUT2D eigenvalue weighted by molar-refractivity contribution is 0.0525. The first-order valence-electron chi connectivity index (χ1n) is 6.26. The summed E-state index contributed by atoms with van der Waals surface area (Å²) in [5.74, 6) is -1.15. The molecule has 1 heterocycles. The van der Waals surface area contributed by atoms with Gasteiger partial charge in [0.1, 0.15) is 0 Å². The molecule has 1 aromatic heterocycles. The number of sulfonamides is 1. The molecule has 9 nitrogen and oxygen atoms in total. The Balaban J connectivity index is 2.09. The highest BCUT2D eigenvalue weighted by Gasteiger charge is 2.16. The van der Waals surface area contributed by atoms with E-state index in [-0.39, 0.29) is 27.2 Å². The smallest absolute Gasteiger partial charge is 0.369 e. The summed E-state index contributed by atoms with van der Waals surface area (Å²) in [6.45, 7) is 1.86. The number of nitrogens with one attached hydrogen (secondary N) is 1. The van der Waals surface area contributed by atoms with Gasteiger partial charge in [-0.05, 0) is 31.2 Å². The zero-order valence-electron chi connectivity index (χ0n) is 11.8. The van der Waals surface area contributed by atoms with Crippen LogP contribution in [0, 0.1) is 0 Å². The van der Waals surface area contributed by atoms with Gasteiger partial charge < -0.3 is 4.74 Å². The minimum absolute atomic E-state index is 0.0201. The molecule has 1 aromatic carbocycles. The first kappa shape index (κ1) is 17.0. The highest BCUT2D eigenvalue weighted by molar-refractivity contribution is 7.89. The third-order valence-electron chi connectivity index (χ3n) is 2.54. The van der Waals surface area contributed by atoms with Crippen LogP contribution in [0.2, 0.25) is 0 Å². The lowest BCUT2D eigenvalue weighted by Gasteiger charge is -2.02. The summed E-state index contributed by atoms with van der Waals surface area (Å²) in [5, 5.41) is 14.8. The summed E-state index contributed by atoms with van der Waals surface area (Å²) < 4.78 is 27.0. The van der Waals surface area contributed by atoms with Crippen molar-refractivity contribution >= 4 is 38.4 Å². The Kier molecular flexibility index (Phi) is 5.03. The number of benzene rings is 1. The van der Waals surface area contributed by atoms with Gasteiger partial charge in [0.05, 0.1) is 11.5 Å². The molecule has 0 saturated heterocycles. The molecule has 0 aliphatic rings. The van der Waals surface area contributed by atoms with E-state index in [0.29, 0.717) is 0 Å². The van der Waals surface area contributed by atoms with E-state index in [0.717, 1.165) is 11.3 Å². The Bertz CT molecular complexity index is 829. The van der Waals surface area contributed by atoms with Crippen molar-refractivity contribution < 1.29 is 22.7 Å². The highest BCUT2D eigenvalue weighted by atomic mass is 32.2. The molecule has 0 aliphatic heterocycles. The third kappa shape index (κ3) is 4.31. The molecule has 0 spiro atoms. The number of amides is 1. The normalized spacial score (nSPS) is 11.0. The molecule has 2 rings (SSSR count). The van der Waals surface area contributed by atoms with E-state index in [4.69, 9.17) is 9.88 Å². The minimum Gasteiger partial charge on any atom is -0.461 e. The molecule has 0 atom stereocenters. The number of primary sulfonamides is 1. The Labute approximate surface area is 135 Å². The van der Waals surface area contributed by atoms with Crippen molar-refractivity contribution in [2.24, 2.45) is 5.14 Å². The van der Waals surface area contributed by atoms with E-state index in [1.807, 2.05) is 0 Å². The number of anilines is 1. The van der Waals surface area contributed by atoms with E-state index >= 15 is 0 Å². The molecule has 0 saturated carbocycles. The van der Waals surface area contributed by atoms with Crippen molar-refractivity contribution in [2.75, 3.05) is 11.9 Å². The van der Waals surface area contributed by atoms with Gasteiger partial charge in [-0.15, -0.1) is 10.2 Å². The zero-order chi connectivity index (χ0) is 17.0. The average Bonchev–Trinajstić information content (AvgIpc) is 2.95. The monoisotopic (exact) mass is 356 g/mol. The Morgan fingerprint density at radius 3 is 2.48 bits per heavy atom. The van der Waals surface area contributed by atoms with Gasteiger partial charge >= 0.3 is 5.97 Å². The summed E-state index contributed by atoms with van der Waals surface area (Å²) >= 11 is 0.867. The fourth-order valence-electron chi connectivity index (χ4n) is 1.51. The van der Waals surface area contributed by atoms with Crippen LogP contribution < -0.4 is 10.5 Å². The quantitative estimate of drug-likeness (QED) is 0.748. The lowest BCUT2D eigenvalue weighted by atomic mass is 10.2. The van der Waals surface area contributed by atoms with Gasteiger partial charge in [-0.25, -0.2) is 18.4 Å². The SMILES string of the molecule is CCOC(=O)c1nnc(NC(=O)c2ccc(S(N)(=O)=O)cc2)s1. The molecule has 2 aromatic rings. The second kappa shape index (κ2) is 6.81. The van der Waals surface area contributed by atoms with E-state index in [1.54, 1.807) is 6.92 Å². The van der Waals surface area contributed by atoms with Gasteiger partial charge in [-0.1, -0.05) is 11.3 Å². The largest absolute Gasteiger partial charge is 0.461 e. The Hall–Kier alpha value is -2.37. The van der Waals surface area contributed by atoms with Crippen LogP contribution >= 0.6 is 11.3 Å². The molecule has 0 unspecified atom stereocenters. The van der Waals surface area contributed by atoms with E-state index < -0.39 is 21.9 Å². The standard InChI is InChI=1S/C12H12N4O5S2/c1-2-21-11(18)10-15-16-12(22-10)14-9(17)7-3-5-8(6-4-7)23(13,19)20/h3-6H,2H2,1H3,(H2,13,19,20)(H,14,16,17). The van der Waals surface area contributed by atoms with Crippen LogP contribution in [-0.4, -0.2) is 37.1 Å².